The topological polar surface area (TPSA) is 193 Å². The Morgan fingerprint density at radius 3 is 0.551 bits per heavy atom. The lowest BCUT2D eigenvalue weighted by Crippen LogP contribution is -2.00. The maximum absolute atomic E-state index is 4.88. The number of hydrogen-bond acceptors (Lipinski definition) is 15. The Bertz CT molecular complexity index is 7420. The Kier molecular flexibility index (Phi) is 24.0. The van der Waals surface area contributed by atoms with Gasteiger partial charge in [-0.05, 0) is 153 Å². The van der Waals surface area contributed by atoms with Gasteiger partial charge in [0.15, 0.2) is 58.2 Å². The third-order valence-corrected chi connectivity index (χ3v) is 24.3. The highest BCUT2D eigenvalue weighted by molar-refractivity contribution is 5.95. The molecular weight excluding hydrogens is 1690 g/mol. The summed E-state index contributed by atoms with van der Waals surface area (Å²) in [7, 11) is 0. The maximum Gasteiger partial charge on any atom is 0.164 e. The molecule has 18 aromatic carbocycles. The molecule has 0 amide bonds. The molecule has 0 unspecified atom stereocenters. The average molecular weight is 1770 g/mol. The fraction of sp³-hybridized carbons (Fsp3) is 0. The van der Waals surface area contributed by atoms with Gasteiger partial charge >= 0.3 is 0 Å². The molecule has 0 radical (unpaired) electrons. The summed E-state index contributed by atoms with van der Waals surface area (Å²) < 4.78 is 0. The summed E-state index contributed by atoms with van der Waals surface area (Å²) in [6.45, 7) is 0. The Hall–Kier alpha value is -19.0. The molecule has 6 heterocycles. The van der Waals surface area contributed by atoms with E-state index >= 15 is 0 Å². The van der Waals surface area contributed by atoms with Gasteiger partial charge in [-0.2, -0.15) is 0 Å². The molecule has 24 rings (SSSR count). The van der Waals surface area contributed by atoms with E-state index in [1.54, 1.807) is 31.2 Å². The summed E-state index contributed by atoms with van der Waals surface area (Å²) in [4.78, 5) is 69.1. The first-order chi connectivity index (χ1) is 68.3. The molecule has 0 saturated carbocycles. The van der Waals surface area contributed by atoms with Gasteiger partial charge in [0.05, 0.1) is 5.69 Å². The van der Waals surface area contributed by atoms with Gasteiger partial charge < -0.3 is 0 Å². The maximum atomic E-state index is 4.88. The van der Waals surface area contributed by atoms with E-state index in [1.165, 1.54) is 54.6 Å². The minimum absolute atomic E-state index is 0.646. The van der Waals surface area contributed by atoms with E-state index in [2.05, 4.69) is 285 Å². The Morgan fingerprint density at radius 2 is 0.319 bits per heavy atom. The molecule has 0 aliphatic carbocycles. The van der Waals surface area contributed by atoms with Crippen LogP contribution < -0.4 is 0 Å². The molecule has 0 aliphatic heterocycles. The van der Waals surface area contributed by atoms with Crippen LogP contribution in [0.15, 0.2) is 493 Å². The third-order valence-electron chi connectivity index (χ3n) is 24.3. The van der Waals surface area contributed by atoms with E-state index in [9.17, 15) is 0 Å². The molecule has 6 aromatic heterocycles. The molecule has 15 heteroatoms. The van der Waals surface area contributed by atoms with Gasteiger partial charge in [-0.15, -0.1) is 0 Å². The monoisotopic (exact) mass is 1770 g/mol. The minimum atomic E-state index is 0.646. The fourth-order valence-corrected chi connectivity index (χ4v) is 16.9. The van der Waals surface area contributed by atoms with Crippen molar-refractivity contribution in [1.82, 2.24) is 74.8 Å². The van der Waals surface area contributed by atoms with Crippen LogP contribution in [0, 0.1) is 0 Å². The first-order valence-corrected chi connectivity index (χ1v) is 45.5. The lowest BCUT2D eigenvalue weighted by Gasteiger charge is -2.10. The highest BCUT2D eigenvalue weighted by Gasteiger charge is 2.19. The molecule has 0 bridgehead atoms. The van der Waals surface area contributed by atoms with Crippen LogP contribution in [0.5, 0.6) is 0 Å². The van der Waals surface area contributed by atoms with Gasteiger partial charge in [0.25, 0.3) is 0 Å². The summed E-state index contributed by atoms with van der Waals surface area (Å²) >= 11 is 0. The molecule has 0 N–H and O–H groups in total. The molecule has 24 aromatic rings. The lowest BCUT2D eigenvalue weighted by atomic mass is 9.96. The highest BCUT2D eigenvalue weighted by atomic mass is 15.1. The highest BCUT2D eigenvalue weighted by Crippen LogP contribution is 2.39. The van der Waals surface area contributed by atoms with Crippen molar-refractivity contribution in [3.8, 4) is 203 Å². The minimum Gasteiger partial charge on any atom is -0.245 e. The average Bonchev–Trinajstić information content (AvgIpc) is 0.821. The zero-order valence-electron chi connectivity index (χ0n) is 74.5. The fourth-order valence-electron chi connectivity index (χ4n) is 16.9. The molecule has 648 valence electrons. The van der Waals surface area contributed by atoms with Crippen molar-refractivity contribution < 1.29 is 0 Å². The number of rotatable bonds is 18. The van der Waals surface area contributed by atoms with Crippen LogP contribution >= 0.6 is 0 Å². The van der Waals surface area contributed by atoms with E-state index in [0.717, 1.165) is 128 Å². The zero-order chi connectivity index (χ0) is 92.1. The van der Waals surface area contributed by atoms with E-state index in [-0.39, 0.29) is 0 Å². The van der Waals surface area contributed by atoms with Crippen LogP contribution in [0.25, 0.3) is 235 Å². The van der Waals surface area contributed by atoms with Crippen LogP contribution in [-0.2, 0) is 0 Å². The summed E-state index contributed by atoms with van der Waals surface area (Å²) in [6, 6.07) is 155. The summed E-state index contributed by atoms with van der Waals surface area (Å²) in [5.74, 6) is 6.60. The number of fused-ring (bicyclic) bond motifs is 3. The SMILES string of the molecule is c1ccc(-c2nc(-c3ccccc3)nc(-c3ccc(-c4ccc5ccc(-c6ccc(-c7ccncn7)cc6)cc5c4)cc3)n2)cc1.c1ccc(-c2nc(-c3ccccc3)nc(-c3ccc(-c4ccc5ccc(-c6ccc(-c7cncnc7)cc6)cc5c4)cc3)n2)cc1.c1ccc(-c2nc(-c3ccccc3)nc(-c3ccc(-c4ccc5ccc(-c6ccc(-c7ncccn7)cc6)cc5c4)cc3)n2)cc1. The van der Waals surface area contributed by atoms with E-state index in [1.807, 2.05) is 207 Å². The molecule has 0 spiro atoms. The Morgan fingerprint density at radius 1 is 0.116 bits per heavy atom. The van der Waals surface area contributed by atoms with Gasteiger partial charge in [-0.25, -0.2) is 74.8 Å². The molecule has 0 saturated heterocycles. The number of hydrogen-bond donors (Lipinski definition) is 0. The van der Waals surface area contributed by atoms with Gasteiger partial charge in [0.2, 0.25) is 0 Å². The first-order valence-electron chi connectivity index (χ1n) is 45.5. The second-order valence-corrected chi connectivity index (χ2v) is 33.2. The number of aromatic nitrogens is 15. The van der Waals surface area contributed by atoms with Crippen molar-refractivity contribution in [1.29, 1.82) is 0 Å². The van der Waals surface area contributed by atoms with Crippen molar-refractivity contribution in [2.24, 2.45) is 0 Å². The number of benzene rings is 18. The quantitative estimate of drug-likeness (QED) is 0.0787. The predicted molar refractivity (Wildman–Crippen MR) is 557 cm³/mol. The van der Waals surface area contributed by atoms with Gasteiger partial charge in [-0.3, -0.25) is 0 Å². The lowest BCUT2D eigenvalue weighted by molar-refractivity contribution is 1.07. The van der Waals surface area contributed by atoms with Crippen LogP contribution in [0.2, 0.25) is 0 Å². The standard InChI is InChI=1S/3C41H27N5/c1-3-8-31(9-4-1)39-44-40(32-10-5-2-6-11-32)46-41(45-39)34-20-14-29(15-21-34)36-23-17-30-16-22-35(26-37(30)27-36)28-12-18-33(19-13-28)38-42-24-7-25-43-38;1-3-7-32(8-4-1)39-44-40(33-9-5-2-6-10-33)46-41(45-39)34-19-13-29(14-20-34)36-22-16-30-15-21-35(25-37(30)26-36)28-11-17-31(18-12-28)38-23-24-42-27-43-38;1-3-7-32(8-4-1)39-44-40(33-9-5-2-6-10-33)46-41(45-39)34-19-15-29(16-20-34)36-22-18-30-17-21-35(23-37(30)24-36)28-11-13-31(14-12-28)38-25-42-27-43-26-38/h3*1-27H. The van der Waals surface area contributed by atoms with Gasteiger partial charge in [0.1, 0.15) is 12.7 Å². The summed E-state index contributed by atoms with van der Waals surface area (Å²) in [6.07, 6.45) is 12.1. The van der Waals surface area contributed by atoms with Crippen molar-refractivity contribution >= 4 is 32.3 Å². The van der Waals surface area contributed by atoms with E-state index in [0.29, 0.717) is 52.4 Å². The third kappa shape index (κ3) is 19.1. The normalized spacial score (nSPS) is 11.0. The Labute approximate surface area is 797 Å². The molecule has 138 heavy (non-hydrogen) atoms. The Balaban J connectivity index is 0.000000119. The molecule has 15 nitrogen and oxygen atoms in total. The molecule has 0 atom stereocenters. The van der Waals surface area contributed by atoms with Crippen LogP contribution in [-0.4, -0.2) is 74.8 Å². The van der Waals surface area contributed by atoms with Gasteiger partial charge in [-0.1, -0.05) is 400 Å². The van der Waals surface area contributed by atoms with Crippen molar-refractivity contribution in [3.05, 3.63) is 493 Å². The smallest absolute Gasteiger partial charge is 0.164 e. The first kappa shape index (κ1) is 84.5. The summed E-state index contributed by atoms with van der Waals surface area (Å²) in [5, 5.41) is 7.18. The zero-order valence-corrected chi connectivity index (χ0v) is 74.5. The van der Waals surface area contributed by atoms with Crippen molar-refractivity contribution in [2.45, 2.75) is 0 Å². The van der Waals surface area contributed by atoms with E-state index < -0.39 is 0 Å². The van der Waals surface area contributed by atoms with Crippen molar-refractivity contribution in [3.63, 3.8) is 0 Å². The largest absolute Gasteiger partial charge is 0.245 e. The second kappa shape index (κ2) is 39.2. The van der Waals surface area contributed by atoms with E-state index in [4.69, 9.17) is 44.9 Å². The molecular formula is C123H81N15. The second-order valence-electron chi connectivity index (χ2n) is 33.2. The summed E-state index contributed by atoms with van der Waals surface area (Å²) in [5.41, 5.74) is 27.5. The molecule has 0 aliphatic rings. The van der Waals surface area contributed by atoms with Crippen LogP contribution in [0.4, 0.5) is 0 Å². The molecule has 0 fully saturated rings. The van der Waals surface area contributed by atoms with Crippen LogP contribution in [0.3, 0.4) is 0 Å². The predicted octanol–water partition coefficient (Wildman–Crippen LogP) is 29.5. The van der Waals surface area contributed by atoms with Gasteiger partial charge in [0, 0.05) is 97.7 Å². The van der Waals surface area contributed by atoms with Crippen LogP contribution in [0.1, 0.15) is 0 Å². The number of nitrogens with zero attached hydrogens (tertiary/aromatic N) is 15. The van der Waals surface area contributed by atoms with Crippen molar-refractivity contribution in [2.75, 3.05) is 0 Å².